The number of nitrogens with zero attached hydrogens (tertiary/aromatic N) is 3. The number of benzene rings is 2. The Morgan fingerprint density at radius 2 is 1.69 bits per heavy atom. The highest BCUT2D eigenvalue weighted by Gasteiger charge is 2.31. The molecular weight excluding hydrogens is 465 g/mol. The van der Waals surface area contributed by atoms with E-state index in [9.17, 15) is 27.9 Å². The van der Waals surface area contributed by atoms with Gasteiger partial charge in [-0.1, -0.05) is 30.3 Å². The Balaban J connectivity index is 1.66. The Hall–Kier alpha value is -4.54. The maximum Gasteiger partial charge on any atom is 0.573 e. The zero-order valence-electron chi connectivity index (χ0n) is 18.0. The van der Waals surface area contributed by atoms with Crippen LogP contribution in [-0.2, 0) is 11.2 Å². The first-order chi connectivity index (χ1) is 16.7. The molecule has 0 saturated carbocycles. The Kier molecular flexibility index (Phi) is 6.58. The number of alkyl halides is 3. The molecule has 2 aromatic heterocycles. The highest BCUT2D eigenvalue weighted by molar-refractivity contribution is 5.79. The monoisotopic (exact) mass is 484 g/mol. The smallest absolute Gasteiger partial charge is 0.493 e. The Morgan fingerprint density at radius 1 is 1.03 bits per heavy atom. The molecular formula is C24H19F3N4O4. The summed E-state index contributed by atoms with van der Waals surface area (Å²) >= 11 is 0. The molecule has 2 aromatic carbocycles. The zero-order valence-corrected chi connectivity index (χ0v) is 18.0. The molecule has 2 N–H and O–H groups in total. The van der Waals surface area contributed by atoms with E-state index < -0.39 is 29.8 Å². The molecule has 0 aliphatic heterocycles. The number of amides is 1. The summed E-state index contributed by atoms with van der Waals surface area (Å²) in [5.41, 5.74) is 0.667. The van der Waals surface area contributed by atoms with Gasteiger partial charge in [0.05, 0.1) is 18.3 Å². The van der Waals surface area contributed by atoms with E-state index in [4.69, 9.17) is 0 Å². The molecule has 4 rings (SSSR count). The standard InChI is InChI=1S/C24H19F3N4O4/c25-24(26,27)35-19-8-6-18(7-9-19)31-21(33)15-30(23(31)34)22(17-10-12-28-13-11-17)29-20(32)14-16-4-2-1-3-5-16/h1-13,15,22,33H,14H2,(H,29,32). The molecule has 4 aromatic rings. The number of pyridine rings is 1. The van der Waals surface area contributed by atoms with Gasteiger partial charge in [-0.15, -0.1) is 13.2 Å². The van der Waals surface area contributed by atoms with Crippen molar-refractivity contribution in [1.82, 2.24) is 19.4 Å². The Labute approximate surface area is 196 Å². The number of rotatable bonds is 7. The predicted octanol–water partition coefficient (Wildman–Crippen LogP) is 3.54. The molecule has 1 amide bonds. The number of ether oxygens (including phenoxy) is 1. The number of imidazole rings is 1. The van der Waals surface area contributed by atoms with E-state index in [1.807, 2.05) is 6.07 Å². The number of nitrogens with one attached hydrogen (secondary N) is 1. The second kappa shape index (κ2) is 9.75. The van der Waals surface area contributed by atoms with Crippen LogP contribution in [0.4, 0.5) is 13.2 Å². The molecule has 1 unspecified atom stereocenters. The summed E-state index contributed by atoms with van der Waals surface area (Å²) in [4.78, 5) is 30.0. The largest absolute Gasteiger partial charge is 0.573 e. The van der Waals surface area contributed by atoms with Gasteiger partial charge in [-0.3, -0.25) is 14.3 Å². The third-order valence-corrected chi connectivity index (χ3v) is 5.03. The number of hydrogen-bond donors (Lipinski definition) is 2. The lowest BCUT2D eigenvalue weighted by molar-refractivity contribution is -0.274. The van der Waals surface area contributed by atoms with Crippen molar-refractivity contribution in [2.75, 3.05) is 0 Å². The van der Waals surface area contributed by atoms with Gasteiger partial charge < -0.3 is 15.2 Å². The van der Waals surface area contributed by atoms with Crippen molar-refractivity contribution in [3.8, 4) is 17.3 Å². The van der Waals surface area contributed by atoms with Crippen LogP contribution >= 0.6 is 0 Å². The molecule has 11 heteroatoms. The molecule has 0 saturated heterocycles. The van der Waals surface area contributed by atoms with E-state index in [2.05, 4.69) is 15.0 Å². The van der Waals surface area contributed by atoms with Gasteiger partial charge in [-0.25, -0.2) is 9.36 Å². The minimum Gasteiger partial charge on any atom is -0.493 e. The molecule has 0 aliphatic carbocycles. The van der Waals surface area contributed by atoms with Gasteiger partial charge in [0.1, 0.15) is 11.9 Å². The summed E-state index contributed by atoms with van der Waals surface area (Å²) in [6.07, 6.45) is -1.66. The van der Waals surface area contributed by atoms with Crippen molar-refractivity contribution >= 4 is 5.91 Å². The van der Waals surface area contributed by atoms with Crippen LogP contribution < -0.4 is 15.7 Å². The van der Waals surface area contributed by atoms with E-state index in [-0.39, 0.29) is 18.0 Å². The van der Waals surface area contributed by atoms with Crippen LogP contribution in [0.5, 0.6) is 11.6 Å². The van der Waals surface area contributed by atoms with Crippen LogP contribution in [-0.4, -0.2) is 31.5 Å². The van der Waals surface area contributed by atoms with Gasteiger partial charge in [0.25, 0.3) is 0 Å². The quantitative estimate of drug-likeness (QED) is 0.418. The van der Waals surface area contributed by atoms with Gasteiger partial charge in [0, 0.05) is 12.4 Å². The lowest BCUT2D eigenvalue weighted by Crippen LogP contribution is -2.39. The third-order valence-electron chi connectivity index (χ3n) is 5.03. The second-order valence-electron chi connectivity index (χ2n) is 7.47. The molecule has 0 radical (unpaired) electrons. The van der Waals surface area contributed by atoms with Crippen LogP contribution in [0.15, 0.2) is 90.1 Å². The van der Waals surface area contributed by atoms with Crippen LogP contribution in [0.1, 0.15) is 17.3 Å². The average Bonchev–Trinajstić information content (AvgIpc) is 3.12. The van der Waals surface area contributed by atoms with Crippen molar-refractivity contribution in [2.24, 2.45) is 0 Å². The van der Waals surface area contributed by atoms with Crippen molar-refractivity contribution in [3.63, 3.8) is 0 Å². The van der Waals surface area contributed by atoms with Crippen molar-refractivity contribution < 1.29 is 27.8 Å². The number of carbonyl (C=O) groups is 1. The first-order valence-corrected chi connectivity index (χ1v) is 10.3. The Morgan fingerprint density at radius 3 is 2.31 bits per heavy atom. The summed E-state index contributed by atoms with van der Waals surface area (Å²) in [6.45, 7) is 0. The highest BCUT2D eigenvalue weighted by Crippen LogP contribution is 2.25. The van der Waals surface area contributed by atoms with E-state index in [1.54, 1.807) is 36.4 Å². The van der Waals surface area contributed by atoms with Crippen LogP contribution in [0.3, 0.4) is 0 Å². The zero-order chi connectivity index (χ0) is 25.0. The van der Waals surface area contributed by atoms with Gasteiger partial charge in [-0.2, -0.15) is 0 Å². The topological polar surface area (TPSA) is 98.4 Å². The molecule has 2 heterocycles. The summed E-state index contributed by atoms with van der Waals surface area (Å²) in [7, 11) is 0. The fourth-order valence-electron chi connectivity index (χ4n) is 3.52. The Bertz CT molecular complexity index is 1350. The molecule has 180 valence electrons. The first kappa shape index (κ1) is 23.6. The minimum absolute atomic E-state index is 0.0601. The number of aromatic nitrogens is 3. The SMILES string of the molecule is O=C(Cc1ccccc1)NC(c1ccncc1)n1cc(O)n(-c2ccc(OC(F)(F)F)cc2)c1=O. The van der Waals surface area contributed by atoms with Crippen molar-refractivity contribution in [2.45, 2.75) is 18.9 Å². The number of hydrogen-bond acceptors (Lipinski definition) is 5. The maximum atomic E-state index is 13.2. The fourth-order valence-corrected chi connectivity index (χ4v) is 3.52. The maximum absolute atomic E-state index is 13.2. The van der Waals surface area contributed by atoms with E-state index in [0.29, 0.717) is 5.56 Å². The number of halogens is 3. The summed E-state index contributed by atoms with van der Waals surface area (Å²) in [5, 5.41) is 13.3. The van der Waals surface area contributed by atoms with Gasteiger partial charge >= 0.3 is 12.1 Å². The normalized spacial score (nSPS) is 12.2. The first-order valence-electron chi connectivity index (χ1n) is 10.3. The van der Waals surface area contributed by atoms with Crippen LogP contribution in [0.2, 0.25) is 0 Å². The predicted molar refractivity (Wildman–Crippen MR) is 119 cm³/mol. The molecule has 8 nitrogen and oxygen atoms in total. The molecule has 35 heavy (non-hydrogen) atoms. The average molecular weight is 484 g/mol. The molecule has 0 aliphatic rings. The fraction of sp³-hybridized carbons (Fsp3) is 0.125. The van der Waals surface area contributed by atoms with E-state index in [0.717, 1.165) is 33.0 Å². The van der Waals surface area contributed by atoms with Crippen molar-refractivity contribution in [1.29, 1.82) is 0 Å². The second-order valence-corrected chi connectivity index (χ2v) is 7.47. The van der Waals surface area contributed by atoms with E-state index in [1.165, 1.54) is 24.5 Å². The van der Waals surface area contributed by atoms with E-state index >= 15 is 0 Å². The lowest BCUT2D eigenvalue weighted by atomic mass is 10.1. The molecule has 1 atom stereocenters. The highest BCUT2D eigenvalue weighted by atomic mass is 19.4. The van der Waals surface area contributed by atoms with Crippen LogP contribution in [0.25, 0.3) is 5.69 Å². The van der Waals surface area contributed by atoms with Gasteiger partial charge in [0.2, 0.25) is 11.8 Å². The minimum atomic E-state index is -4.86. The summed E-state index contributed by atoms with van der Waals surface area (Å²) in [6, 6.07) is 16.7. The molecule has 0 fully saturated rings. The lowest BCUT2D eigenvalue weighted by Gasteiger charge is -2.20. The van der Waals surface area contributed by atoms with Crippen molar-refractivity contribution in [3.05, 3.63) is 107 Å². The number of carbonyl (C=O) groups excluding carboxylic acids is 1. The summed E-state index contributed by atoms with van der Waals surface area (Å²) < 4.78 is 43.1. The number of aromatic hydroxyl groups is 1. The summed E-state index contributed by atoms with van der Waals surface area (Å²) in [5.74, 6) is -1.32. The third kappa shape index (κ3) is 5.69. The van der Waals surface area contributed by atoms with Gasteiger partial charge in [-0.05, 0) is 47.5 Å². The molecule has 0 bridgehead atoms. The van der Waals surface area contributed by atoms with Gasteiger partial charge in [0.15, 0.2) is 0 Å². The molecule has 0 spiro atoms. The van der Waals surface area contributed by atoms with Crippen LogP contribution in [0, 0.1) is 0 Å².